The van der Waals surface area contributed by atoms with Crippen LogP contribution in [0.15, 0.2) is 24.5 Å². The molecule has 120 valence electrons. The van der Waals surface area contributed by atoms with Crippen molar-refractivity contribution in [1.29, 1.82) is 0 Å². The molecule has 0 aliphatic rings. The number of rotatable bonds is 1. The summed E-state index contributed by atoms with van der Waals surface area (Å²) in [5.41, 5.74) is 9.37. The van der Waals surface area contributed by atoms with Gasteiger partial charge < -0.3 is 0 Å². The SMILES string of the molecule is Cc1cc(C)c2nc(C)c3nnc(-c4c(C)cncc4C)n3c2c1. The number of aryl methyl sites for hydroxylation is 5. The van der Waals surface area contributed by atoms with Crippen LogP contribution in [0.5, 0.6) is 0 Å². The highest BCUT2D eigenvalue weighted by Crippen LogP contribution is 2.29. The second kappa shape index (κ2) is 5.09. The van der Waals surface area contributed by atoms with E-state index in [9.17, 15) is 0 Å². The van der Waals surface area contributed by atoms with E-state index in [-0.39, 0.29) is 0 Å². The zero-order valence-corrected chi connectivity index (χ0v) is 14.5. The maximum absolute atomic E-state index is 4.76. The second-order valence-corrected chi connectivity index (χ2v) is 6.48. The fourth-order valence-electron chi connectivity index (χ4n) is 3.43. The summed E-state index contributed by atoms with van der Waals surface area (Å²) in [5.74, 6) is 0.850. The minimum atomic E-state index is 0.804. The molecule has 1 aromatic carbocycles. The number of fused-ring (bicyclic) bond motifs is 3. The Morgan fingerprint density at radius 1 is 0.833 bits per heavy atom. The topological polar surface area (TPSA) is 56.0 Å². The van der Waals surface area contributed by atoms with E-state index in [1.165, 1.54) is 5.56 Å². The molecule has 4 rings (SSSR count). The number of aromatic nitrogens is 5. The minimum Gasteiger partial charge on any atom is -0.272 e. The van der Waals surface area contributed by atoms with Crippen LogP contribution in [0.1, 0.15) is 27.9 Å². The molecule has 3 aromatic heterocycles. The predicted molar refractivity (Wildman–Crippen MR) is 95.2 cm³/mol. The summed E-state index contributed by atoms with van der Waals surface area (Å²) >= 11 is 0. The molecular weight excluding hydrogens is 298 g/mol. The Morgan fingerprint density at radius 3 is 2.25 bits per heavy atom. The first-order valence-corrected chi connectivity index (χ1v) is 8.01. The van der Waals surface area contributed by atoms with Crippen molar-refractivity contribution in [3.8, 4) is 11.4 Å². The number of nitrogens with zero attached hydrogens (tertiary/aromatic N) is 5. The molecule has 0 atom stereocenters. The summed E-state index contributed by atoms with van der Waals surface area (Å²) in [6.07, 6.45) is 3.74. The lowest BCUT2D eigenvalue weighted by atomic mass is 10.1. The van der Waals surface area contributed by atoms with Gasteiger partial charge in [-0.1, -0.05) is 6.07 Å². The first-order chi connectivity index (χ1) is 11.5. The van der Waals surface area contributed by atoms with Crippen LogP contribution in [0.3, 0.4) is 0 Å². The Morgan fingerprint density at radius 2 is 1.54 bits per heavy atom. The van der Waals surface area contributed by atoms with Gasteiger partial charge in [-0.15, -0.1) is 10.2 Å². The normalized spacial score (nSPS) is 11.5. The number of pyridine rings is 1. The molecule has 5 nitrogen and oxygen atoms in total. The van der Waals surface area contributed by atoms with Crippen LogP contribution in [-0.4, -0.2) is 24.6 Å². The van der Waals surface area contributed by atoms with E-state index in [1.807, 2.05) is 19.3 Å². The highest BCUT2D eigenvalue weighted by Gasteiger charge is 2.18. The molecular formula is C19H19N5. The molecule has 0 aliphatic heterocycles. The van der Waals surface area contributed by atoms with Gasteiger partial charge in [0.1, 0.15) is 0 Å². The van der Waals surface area contributed by atoms with Crippen molar-refractivity contribution in [1.82, 2.24) is 24.6 Å². The third-order valence-corrected chi connectivity index (χ3v) is 4.48. The summed E-state index contributed by atoms with van der Waals surface area (Å²) in [5, 5.41) is 8.92. The van der Waals surface area contributed by atoms with Crippen LogP contribution >= 0.6 is 0 Å². The van der Waals surface area contributed by atoms with Gasteiger partial charge in [0.15, 0.2) is 11.5 Å². The van der Waals surface area contributed by atoms with Gasteiger partial charge in [-0.05, 0) is 62.9 Å². The van der Waals surface area contributed by atoms with Crippen LogP contribution in [0.4, 0.5) is 0 Å². The van der Waals surface area contributed by atoms with Gasteiger partial charge in [-0.2, -0.15) is 0 Å². The van der Waals surface area contributed by atoms with E-state index in [0.29, 0.717) is 0 Å². The Balaban J connectivity index is 2.23. The molecule has 3 heterocycles. The Hall–Kier alpha value is -2.82. The standard InChI is InChI=1S/C19H19N5/c1-10-6-11(2)17-15(7-10)24-18(14(5)21-17)22-23-19(24)16-12(3)8-20-9-13(16)4/h6-9H,1-5H3. The van der Waals surface area contributed by atoms with Gasteiger partial charge in [-0.3, -0.25) is 9.38 Å². The number of hydrogen-bond acceptors (Lipinski definition) is 4. The molecule has 0 N–H and O–H groups in total. The smallest absolute Gasteiger partial charge is 0.183 e. The molecule has 0 saturated heterocycles. The Kier molecular flexibility index (Phi) is 3.13. The molecule has 0 saturated carbocycles. The lowest BCUT2D eigenvalue weighted by molar-refractivity contribution is 1.10. The quantitative estimate of drug-likeness (QED) is 0.534. The van der Waals surface area contributed by atoms with Crippen LogP contribution in [0.2, 0.25) is 0 Å². The Labute approximate surface area is 140 Å². The highest BCUT2D eigenvalue weighted by atomic mass is 15.3. The molecule has 0 amide bonds. The van der Waals surface area contributed by atoms with Crippen LogP contribution in [0.25, 0.3) is 28.1 Å². The van der Waals surface area contributed by atoms with Crippen molar-refractivity contribution >= 4 is 16.7 Å². The number of benzene rings is 1. The van der Waals surface area contributed by atoms with Gasteiger partial charge >= 0.3 is 0 Å². The molecule has 0 bridgehead atoms. The summed E-state index contributed by atoms with van der Waals surface area (Å²) in [6.45, 7) is 10.3. The van der Waals surface area contributed by atoms with E-state index in [1.54, 1.807) is 0 Å². The monoisotopic (exact) mass is 317 g/mol. The summed E-state index contributed by atoms with van der Waals surface area (Å²) in [4.78, 5) is 9.03. The summed E-state index contributed by atoms with van der Waals surface area (Å²) in [7, 11) is 0. The van der Waals surface area contributed by atoms with Crippen molar-refractivity contribution in [3.05, 3.63) is 52.5 Å². The van der Waals surface area contributed by atoms with E-state index in [4.69, 9.17) is 4.98 Å². The van der Waals surface area contributed by atoms with Crippen molar-refractivity contribution in [2.24, 2.45) is 0 Å². The van der Waals surface area contributed by atoms with Crippen LogP contribution in [0, 0.1) is 34.6 Å². The third kappa shape index (κ3) is 2.01. The molecule has 0 radical (unpaired) electrons. The van der Waals surface area contributed by atoms with Gasteiger partial charge in [0.2, 0.25) is 0 Å². The van der Waals surface area contributed by atoms with E-state index in [2.05, 4.69) is 59.4 Å². The fraction of sp³-hybridized carbons (Fsp3) is 0.263. The second-order valence-electron chi connectivity index (χ2n) is 6.48. The average Bonchev–Trinajstić information content (AvgIpc) is 2.94. The first-order valence-electron chi connectivity index (χ1n) is 8.01. The molecule has 4 aromatic rings. The Bertz CT molecular complexity index is 1090. The van der Waals surface area contributed by atoms with Gasteiger partial charge in [-0.25, -0.2) is 4.98 Å². The summed E-state index contributed by atoms with van der Waals surface area (Å²) < 4.78 is 2.13. The minimum absolute atomic E-state index is 0.804. The van der Waals surface area contributed by atoms with Crippen molar-refractivity contribution in [2.45, 2.75) is 34.6 Å². The highest BCUT2D eigenvalue weighted by molar-refractivity contribution is 5.85. The van der Waals surface area contributed by atoms with Crippen molar-refractivity contribution < 1.29 is 0 Å². The lowest BCUT2D eigenvalue weighted by Gasteiger charge is -2.12. The zero-order chi connectivity index (χ0) is 17.0. The van der Waals surface area contributed by atoms with Crippen molar-refractivity contribution in [2.75, 3.05) is 0 Å². The number of hydrogen-bond donors (Lipinski definition) is 0. The van der Waals surface area contributed by atoms with Crippen molar-refractivity contribution in [3.63, 3.8) is 0 Å². The molecule has 24 heavy (non-hydrogen) atoms. The van der Waals surface area contributed by atoms with Gasteiger partial charge in [0, 0.05) is 18.0 Å². The third-order valence-electron chi connectivity index (χ3n) is 4.48. The van der Waals surface area contributed by atoms with Crippen LogP contribution < -0.4 is 0 Å². The summed E-state index contributed by atoms with van der Waals surface area (Å²) in [6, 6.07) is 4.31. The zero-order valence-electron chi connectivity index (χ0n) is 14.5. The largest absolute Gasteiger partial charge is 0.272 e. The maximum atomic E-state index is 4.76. The predicted octanol–water partition coefficient (Wildman–Crippen LogP) is 3.88. The lowest BCUT2D eigenvalue weighted by Crippen LogP contribution is -2.01. The average molecular weight is 317 g/mol. The van der Waals surface area contributed by atoms with Gasteiger partial charge in [0.25, 0.3) is 0 Å². The molecule has 0 aliphatic carbocycles. The first kappa shape index (κ1) is 14.8. The van der Waals surface area contributed by atoms with Crippen LogP contribution in [-0.2, 0) is 0 Å². The van der Waals surface area contributed by atoms with Gasteiger partial charge in [0.05, 0.1) is 16.7 Å². The molecule has 5 heteroatoms. The molecule has 0 spiro atoms. The van der Waals surface area contributed by atoms with E-state index < -0.39 is 0 Å². The van der Waals surface area contributed by atoms with E-state index in [0.717, 1.165) is 50.5 Å². The molecule has 0 unspecified atom stereocenters. The maximum Gasteiger partial charge on any atom is 0.183 e. The van der Waals surface area contributed by atoms with E-state index >= 15 is 0 Å². The fourth-order valence-corrected chi connectivity index (χ4v) is 3.43. The molecule has 0 fully saturated rings.